The number of benzene rings is 1. The SMILES string of the molecule is CN1CC(CN2CCC(Oc3cccc4c3ccn4CC(F)F)CC2)CCC1=O. The Morgan fingerprint density at radius 2 is 1.97 bits per heavy atom. The molecule has 3 heterocycles. The van der Waals surface area contributed by atoms with Crippen molar-refractivity contribution in [2.24, 2.45) is 5.92 Å². The molecule has 2 saturated heterocycles. The number of alkyl halides is 2. The van der Waals surface area contributed by atoms with Gasteiger partial charge in [0.2, 0.25) is 5.91 Å². The molecule has 0 saturated carbocycles. The van der Waals surface area contributed by atoms with Gasteiger partial charge in [0, 0.05) is 51.2 Å². The smallest absolute Gasteiger partial charge is 0.256 e. The zero-order valence-electron chi connectivity index (χ0n) is 16.9. The van der Waals surface area contributed by atoms with Crippen molar-refractivity contribution in [1.82, 2.24) is 14.4 Å². The molecule has 0 N–H and O–H groups in total. The van der Waals surface area contributed by atoms with Gasteiger partial charge < -0.3 is 19.1 Å². The maximum absolute atomic E-state index is 12.8. The van der Waals surface area contributed by atoms with E-state index in [1.165, 1.54) is 0 Å². The largest absolute Gasteiger partial charge is 0.490 e. The molecule has 0 spiro atoms. The molecule has 1 atom stereocenters. The highest BCUT2D eigenvalue weighted by Gasteiger charge is 2.27. The number of nitrogens with zero attached hydrogens (tertiary/aromatic N) is 3. The van der Waals surface area contributed by atoms with Crippen molar-refractivity contribution >= 4 is 16.8 Å². The number of rotatable bonds is 6. The molecule has 4 rings (SSSR count). The second-order valence-electron chi connectivity index (χ2n) is 8.34. The van der Waals surface area contributed by atoms with Gasteiger partial charge in [-0.1, -0.05) is 6.07 Å². The van der Waals surface area contributed by atoms with Gasteiger partial charge in [-0.25, -0.2) is 8.78 Å². The lowest BCUT2D eigenvalue weighted by atomic mass is 9.96. The predicted octanol–water partition coefficient (Wildman–Crippen LogP) is 3.62. The molecule has 2 aromatic rings. The maximum atomic E-state index is 12.8. The van der Waals surface area contributed by atoms with Gasteiger partial charge in [0.15, 0.2) is 0 Å². The second kappa shape index (κ2) is 8.69. The lowest BCUT2D eigenvalue weighted by Crippen LogP contribution is -2.45. The molecular weight excluding hydrogens is 376 g/mol. The van der Waals surface area contributed by atoms with Crippen LogP contribution >= 0.6 is 0 Å². The third-order valence-corrected chi connectivity index (χ3v) is 6.18. The summed E-state index contributed by atoms with van der Waals surface area (Å²) in [6, 6.07) is 7.52. The van der Waals surface area contributed by atoms with E-state index in [1.54, 1.807) is 10.8 Å². The molecule has 1 amide bonds. The van der Waals surface area contributed by atoms with E-state index in [4.69, 9.17) is 4.74 Å². The maximum Gasteiger partial charge on any atom is 0.256 e. The van der Waals surface area contributed by atoms with Crippen molar-refractivity contribution in [2.75, 3.05) is 33.2 Å². The Morgan fingerprint density at radius 3 is 2.69 bits per heavy atom. The van der Waals surface area contributed by atoms with Crippen LogP contribution in [0, 0.1) is 5.92 Å². The van der Waals surface area contributed by atoms with Gasteiger partial charge in [-0.3, -0.25) is 4.79 Å². The van der Waals surface area contributed by atoms with Crippen molar-refractivity contribution in [3.8, 4) is 5.75 Å². The summed E-state index contributed by atoms with van der Waals surface area (Å²) in [6.07, 6.45) is 3.03. The number of carbonyl (C=O) groups excluding carboxylic acids is 1. The van der Waals surface area contributed by atoms with E-state index in [0.29, 0.717) is 12.3 Å². The van der Waals surface area contributed by atoms with Crippen molar-refractivity contribution < 1.29 is 18.3 Å². The lowest BCUT2D eigenvalue weighted by molar-refractivity contribution is -0.133. The Hall–Kier alpha value is -2.15. The first-order valence-corrected chi connectivity index (χ1v) is 10.5. The fraction of sp³-hybridized carbons (Fsp3) is 0.591. The van der Waals surface area contributed by atoms with Crippen molar-refractivity contribution in [2.45, 2.75) is 44.8 Å². The van der Waals surface area contributed by atoms with Gasteiger partial charge in [0.25, 0.3) is 6.43 Å². The van der Waals surface area contributed by atoms with Gasteiger partial charge in [-0.2, -0.15) is 0 Å². The van der Waals surface area contributed by atoms with E-state index in [0.717, 1.165) is 62.1 Å². The van der Waals surface area contributed by atoms with Crippen molar-refractivity contribution in [3.63, 3.8) is 0 Å². The molecular formula is C22H29F2N3O2. The van der Waals surface area contributed by atoms with Crippen LogP contribution in [0.15, 0.2) is 30.5 Å². The summed E-state index contributed by atoms with van der Waals surface area (Å²) in [5.74, 6) is 1.59. The first-order valence-electron chi connectivity index (χ1n) is 10.5. The number of ether oxygens (including phenoxy) is 1. The summed E-state index contributed by atoms with van der Waals surface area (Å²) in [4.78, 5) is 16.0. The minimum absolute atomic E-state index is 0.144. The Kier molecular flexibility index (Phi) is 6.04. The molecule has 158 valence electrons. The van der Waals surface area contributed by atoms with Gasteiger partial charge in [0.05, 0.1) is 12.1 Å². The van der Waals surface area contributed by atoms with Crippen LogP contribution in [0.5, 0.6) is 5.75 Å². The van der Waals surface area contributed by atoms with Crippen LogP contribution < -0.4 is 4.74 Å². The minimum atomic E-state index is -2.37. The molecule has 0 radical (unpaired) electrons. The molecule has 5 nitrogen and oxygen atoms in total. The van der Waals surface area contributed by atoms with Crippen LogP contribution in [0.25, 0.3) is 10.9 Å². The highest BCUT2D eigenvalue weighted by atomic mass is 19.3. The average Bonchev–Trinajstić information content (AvgIpc) is 3.10. The van der Waals surface area contributed by atoms with E-state index in [1.807, 2.05) is 36.2 Å². The van der Waals surface area contributed by atoms with Gasteiger partial charge >= 0.3 is 0 Å². The molecule has 1 aromatic heterocycles. The average molecular weight is 405 g/mol. The first-order chi connectivity index (χ1) is 14.0. The Morgan fingerprint density at radius 1 is 1.17 bits per heavy atom. The van der Waals surface area contributed by atoms with Gasteiger partial charge in [0.1, 0.15) is 11.9 Å². The fourth-order valence-electron chi connectivity index (χ4n) is 4.61. The molecule has 0 aliphatic carbocycles. The van der Waals surface area contributed by atoms with E-state index >= 15 is 0 Å². The van der Waals surface area contributed by atoms with Crippen molar-refractivity contribution in [1.29, 1.82) is 0 Å². The fourth-order valence-corrected chi connectivity index (χ4v) is 4.61. The Labute approximate surface area is 170 Å². The zero-order chi connectivity index (χ0) is 20.4. The number of halogens is 2. The van der Waals surface area contributed by atoms with Crippen LogP contribution in [0.1, 0.15) is 25.7 Å². The molecule has 1 aromatic carbocycles. The number of amides is 1. The lowest BCUT2D eigenvalue weighted by Gasteiger charge is -2.37. The quantitative estimate of drug-likeness (QED) is 0.737. The number of piperidine rings is 2. The van der Waals surface area contributed by atoms with Crippen LogP contribution in [0.4, 0.5) is 8.78 Å². The van der Waals surface area contributed by atoms with Crippen molar-refractivity contribution in [3.05, 3.63) is 30.5 Å². The molecule has 2 aliphatic rings. The third-order valence-electron chi connectivity index (χ3n) is 6.18. The number of aromatic nitrogens is 1. The molecule has 2 aliphatic heterocycles. The Bertz CT molecular complexity index is 846. The normalized spacial score (nSPS) is 22.0. The first kappa shape index (κ1) is 20.1. The number of hydrogen-bond acceptors (Lipinski definition) is 3. The summed E-state index contributed by atoms with van der Waals surface area (Å²) < 4.78 is 33.4. The summed E-state index contributed by atoms with van der Waals surface area (Å²) in [5.41, 5.74) is 0.788. The summed E-state index contributed by atoms with van der Waals surface area (Å²) in [7, 11) is 1.89. The number of hydrogen-bond donors (Lipinski definition) is 0. The Balaban J connectivity index is 1.32. The van der Waals surface area contributed by atoms with Crippen LogP contribution in [0.3, 0.4) is 0 Å². The summed E-state index contributed by atoms with van der Waals surface area (Å²) in [6.45, 7) is 3.57. The molecule has 7 heteroatoms. The standard InChI is InChI=1S/C22H29F2N3O2/c1-25-13-16(5-6-22(25)28)14-26-10-7-17(8-11-26)29-20-4-2-3-19-18(20)9-12-27(19)15-21(23)24/h2-4,9,12,16-17,21H,5-8,10-11,13-15H2,1H3. The number of carbonyl (C=O) groups is 1. The summed E-state index contributed by atoms with van der Waals surface area (Å²) in [5, 5.41) is 0.894. The molecule has 0 bridgehead atoms. The van der Waals surface area contributed by atoms with Crippen LogP contribution in [-0.4, -0.2) is 66.0 Å². The predicted molar refractivity (Wildman–Crippen MR) is 108 cm³/mol. The molecule has 29 heavy (non-hydrogen) atoms. The summed E-state index contributed by atoms with van der Waals surface area (Å²) >= 11 is 0. The van der Waals surface area contributed by atoms with Crippen LogP contribution in [0.2, 0.25) is 0 Å². The van der Waals surface area contributed by atoms with Gasteiger partial charge in [-0.15, -0.1) is 0 Å². The minimum Gasteiger partial charge on any atom is -0.490 e. The number of likely N-dealkylation sites (tertiary alicyclic amines) is 2. The van der Waals surface area contributed by atoms with E-state index in [2.05, 4.69) is 4.90 Å². The highest BCUT2D eigenvalue weighted by Crippen LogP contribution is 2.30. The monoisotopic (exact) mass is 405 g/mol. The van der Waals surface area contributed by atoms with Crippen LogP contribution in [-0.2, 0) is 11.3 Å². The molecule has 1 unspecified atom stereocenters. The second-order valence-corrected chi connectivity index (χ2v) is 8.34. The number of fused-ring (bicyclic) bond motifs is 1. The third kappa shape index (κ3) is 4.71. The van der Waals surface area contributed by atoms with E-state index in [9.17, 15) is 13.6 Å². The van der Waals surface area contributed by atoms with E-state index in [-0.39, 0.29) is 18.6 Å². The highest BCUT2D eigenvalue weighted by molar-refractivity contribution is 5.86. The zero-order valence-corrected chi connectivity index (χ0v) is 16.9. The van der Waals surface area contributed by atoms with Gasteiger partial charge in [-0.05, 0) is 43.4 Å². The van der Waals surface area contributed by atoms with E-state index < -0.39 is 6.43 Å². The topological polar surface area (TPSA) is 37.7 Å². The molecule has 2 fully saturated rings.